The lowest BCUT2D eigenvalue weighted by atomic mass is 9.97. The fraction of sp³-hybridized carbons (Fsp3) is 0.280. The maximum absolute atomic E-state index is 5.68. The van der Waals surface area contributed by atoms with E-state index in [9.17, 15) is 0 Å². The van der Waals surface area contributed by atoms with E-state index in [-0.39, 0.29) is 12.2 Å². The van der Waals surface area contributed by atoms with Gasteiger partial charge in [0.1, 0.15) is 12.2 Å². The first-order valence-corrected chi connectivity index (χ1v) is 10.1. The maximum atomic E-state index is 5.68. The summed E-state index contributed by atoms with van der Waals surface area (Å²) in [5.74, 6) is 0. The fourth-order valence-corrected chi connectivity index (χ4v) is 3.63. The van der Waals surface area contributed by atoms with Crippen molar-refractivity contribution < 1.29 is 9.68 Å². The number of rotatable bonds is 6. The molecule has 0 aliphatic carbocycles. The van der Waals surface area contributed by atoms with Gasteiger partial charge in [-0.25, -0.2) is 0 Å². The van der Waals surface area contributed by atoms with Gasteiger partial charge < -0.3 is 9.68 Å². The van der Waals surface area contributed by atoms with Gasteiger partial charge in [-0.15, -0.1) is 0 Å². The molecule has 0 N–H and O–H groups in total. The molecule has 4 heteroatoms. The van der Waals surface area contributed by atoms with E-state index in [1.165, 1.54) is 11.1 Å². The summed E-state index contributed by atoms with van der Waals surface area (Å²) in [7, 11) is 0. The molecule has 2 aliphatic rings. The Labute approximate surface area is 172 Å². The molecule has 29 heavy (non-hydrogen) atoms. The lowest BCUT2D eigenvalue weighted by Gasteiger charge is -2.12. The van der Waals surface area contributed by atoms with Crippen LogP contribution < -0.4 is 0 Å². The molecule has 0 spiro atoms. The highest BCUT2D eigenvalue weighted by atomic mass is 16.7. The zero-order valence-corrected chi connectivity index (χ0v) is 16.9. The SMILES string of the molecule is C/C(=C/c1ccccc1)C1=NO[C@H](C[C@H]2CC(/C(C)=C/c3ccccc3)=NO2)C1. The van der Waals surface area contributed by atoms with Gasteiger partial charge in [-0.05, 0) is 36.1 Å². The first-order valence-electron chi connectivity index (χ1n) is 10.1. The van der Waals surface area contributed by atoms with E-state index >= 15 is 0 Å². The molecule has 0 aromatic heterocycles. The number of benzene rings is 2. The Morgan fingerprint density at radius 2 is 1.17 bits per heavy atom. The molecular weight excluding hydrogens is 360 g/mol. The standard InChI is InChI=1S/C25H26N2O2/c1-18(13-20-9-5-3-6-10-20)24-16-22(28-26-24)15-23-17-25(27-29-23)19(2)14-21-11-7-4-8-12-21/h3-14,22-23H,15-17H2,1-2H3/b18-13-,19-14+/t22-,23+/m1/s1. The van der Waals surface area contributed by atoms with Gasteiger partial charge >= 0.3 is 0 Å². The van der Waals surface area contributed by atoms with Crippen molar-refractivity contribution in [3.05, 3.63) is 82.9 Å². The zero-order chi connectivity index (χ0) is 20.1. The van der Waals surface area contributed by atoms with Crippen molar-refractivity contribution in [3.63, 3.8) is 0 Å². The van der Waals surface area contributed by atoms with Crippen LogP contribution in [0.5, 0.6) is 0 Å². The summed E-state index contributed by atoms with van der Waals surface area (Å²) in [6.45, 7) is 4.17. The summed E-state index contributed by atoms with van der Waals surface area (Å²) in [4.78, 5) is 11.4. The molecule has 2 atom stereocenters. The van der Waals surface area contributed by atoms with Crippen LogP contribution in [-0.4, -0.2) is 23.6 Å². The average molecular weight is 386 g/mol. The predicted octanol–water partition coefficient (Wildman–Crippen LogP) is 5.87. The van der Waals surface area contributed by atoms with Gasteiger partial charge in [0.05, 0.1) is 11.4 Å². The van der Waals surface area contributed by atoms with Gasteiger partial charge in [-0.3, -0.25) is 0 Å². The molecule has 2 aromatic rings. The van der Waals surface area contributed by atoms with Crippen LogP contribution in [0.1, 0.15) is 44.2 Å². The quantitative estimate of drug-likeness (QED) is 0.623. The molecule has 0 amide bonds. The van der Waals surface area contributed by atoms with Crippen molar-refractivity contribution in [2.24, 2.45) is 10.3 Å². The lowest BCUT2D eigenvalue weighted by molar-refractivity contribution is 0.0123. The average Bonchev–Trinajstić information content (AvgIpc) is 3.40. The van der Waals surface area contributed by atoms with Crippen LogP contribution in [-0.2, 0) is 9.68 Å². The van der Waals surface area contributed by atoms with E-state index in [4.69, 9.17) is 9.68 Å². The summed E-state index contributed by atoms with van der Waals surface area (Å²) in [5.41, 5.74) is 6.66. The first-order chi connectivity index (χ1) is 14.2. The highest BCUT2D eigenvalue weighted by molar-refractivity contribution is 6.04. The van der Waals surface area contributed by atoms with Crippen LogP contribution in [0.2, 0.25) is 0 Å². The second-order valence-electron chi connectivity index (χ2n) is 7.65. The number of hydrogen-bond donors (Lipinski definition) is 0. The molecule has 4 nitrogen and oxygen atoms in total. The fourth-order valence-electron chi connectivity index (χ4n) is 3.63. The molecule has 4 rings (SSSR count). The van der Waals surface area contributed by atoms with Crippen LogP contribution in [0.3, 0.4) is 0 Å². The molecule has 0 fully saturated rings. The van der Waals surface area contributed by atoms with E-state index in [1.807, 2.05) is 36.4 Å². The molecule has 0 saturated carbocycles. The molecule has 0 saturated heterocycles. The molecule has 0 radical (unpaired) electrons. The summed E-state index contributed by atoms with van der Waals surface area (Å²) in [5, 5.41) is 8.62. The molecule has 148 valence electrons. The molecule has 0 unspecified atom stereocenters. The van der Waals surface area contributed by atoms with Crippen molar-refractivity contribution in [2.45, 2.75) is 45.3 Å². The van der Waals surface area contributed by atoms with E-state index in [0.717, 1.165) is 41.8 Å². The molecule has 2 aromatic carbocycles. The van der Waals surface area contributed by atoms with Gasteiger partial charge in [0.2, 0.25) is 0 Å². The minimum atomic E-state index is 0.0436. The summed E-state index contributed by atoms with van der Waals surface area (Å²) in [6.07, 6.45) is 6.79. The van der Waals surface area contributed by atoms with Crippen molar-refractivity contribution >= 4 is 23.6 Å². The van der Waals surface area contributed by atoms with Crippen molar-refractivity contribution in [1.29, 1.82) is 0 Å². The highest BCUT2D eigenvalue weighted by Gasteiger charge is 2.30. The molecule has 2 aliphatic heterocycles. The number of nitrogens with zero attached hydrogens (tertiary/aromatic N) is 2. The first kappa shape index (κ1) is 19.2. The molecule has 0 bridgehead atoms. The lowest BCUT2D eigenvalue weighted by Crippen LogP contribution is -2.19. The van der Waals surface area contributed by atoms with Crippen molar-refractivity contribution in [3.8, 4) is 0 Å². The molecular formula is C25H26N2O2. The predicted molar refractivity (Wildman–Crippen MR) is 119 cm³/mol. The number of hydrogen-bond acceptors (Lipinski definition) is 4. The van der Waals surface area contributed by atoms with E-state index in [2.05, 4.69) is 60.6 Å². The van der Waals surface area contributed by atoms with Crippen LogP contribution in [0.4, 0.5) is 0 Å². The Morgan fingerprint density at radius 3 is 1.59 bits per heavy atom. The van der Waals surface area contributed by atoms with E-state index in [0.29, 0.717) is 0 Å². The summed E-state index contributed by atoms with van der Waals surface area (Å²) >= 11 is 0. The second-order valence-corrected chi connectivity index (χ2v) is 7.65. The molecule has 2 heterocycles. The third kappa shape index (κ3) is 5.02. The maximum Gasteiger partial charge on any atom is 0.136 e. The normalized spacial score (nSPS) is 22.0. The van der Waals surface area contributed by atoms with Gasteiger partial charge in [-0.1, -0.05) is 83.1 Å². The summed E-state index contributed by atoms with van der Waals surface area (Å²) in [6, 6.07) is 20.6. The minimum absolute atomic E-state index is 0.0436. The number of allylic oxidation sites excluding steroid dienone is 2. The Kier molecular flexibility index (Phi) is 5.89. The smallest absolute Gasteiger partial charge is 0.136 e. The van der Waals surface area contributed by atoms with E-state index < -0.39 is 0 Å². The topological polar surface area (TPSA) is 43.2 Å². The Bertz CT molecular complexity index is 879. The van der Waals surface area contributed by atoms with Gasteiger partial charge in [-0.2, -0.15) is 0 Å². The van der Waals surface area contributed by atoms with Crippen LogP contribution >= 0.6 is 0 Å². The van der Waals surface area contributed by atoms with Crippen molar-refractivity contribution in [2.75, 3.05) is 0 Å². The third-order valence-electron chi connectivity index (χ3n) is 5.27. The highest BCUT2D eigenvalue weighted by Crippen LogP contribution is 2.26. The van der Waals surface area contributed by atoms with Crippen LogP contribution in [0, 0.1) is 0 Å². The van der Waals surface area contributed by atoms with Gasteiger partial charge in [0.15, 0.2) is 0 Å². The monoisotopic (exact) mass is 386 g/mol. The summed E-state index contributed by atoms with van der Waals surface area (Å²) < 4.78 is 0. The Hall–Kier alpha value is -3.14. The van der Waals surface area contributed by atoms with Crippen LogP contribution in [0.15, 0.2) is 82.1 Å². The van der Waals surface area contributed by atoms with Gasteiger partial charge in [0.25, 0.3) is 0 Å². The minimum Gasteiger partial charge on any atom is -0.392 e. The van der Waals surface area contributed by atoms with Gasteiger partial charge in [0, 0.05) is 19.3 Å². The largest absolute Gasteiger partial charge is 0.392 e. The number of oxime groups is 2. The Morgan fingerprint density at radius 1 is 0.759 bits per heavy atom. The van der Waals surface area contributed by atoms with E-state index in [1.54, 1.807) is 0 Å². The van der Waals surface area contributed by atoms with Crippen LogP contribution in [0.25, 0.3) is 12.2 Å². The third-order valence-corrected chi connectivity index (χ3v) is 5.27. The second kappa shape index (κ2) is 8.91. The Balaban J connectivity index is 1.29. The zero-order valence-electron chi connectivity index (χ0n) is 16.9. The van der Waals surface area contributed by atoms with Crippen molar-refractivity contribution in [1.82, 2.24) is 0 Å².